The molecule has 1 heterocycles. The lowest BCUT2D eigenvalue weighted by Crippen LogP contribution is -2.14. The smallest absolute Gasteiger partial charge is 0.142 e. The number of aliphatic imine (C=N–C) groups is 1. The molecule has 5 heteroatoms. The van der Waals surface area contributed by atoms with E-state index in [9.17, 15) is 0 Å². The van der Waals surface area contributed by atoms with Crippen LogP contribution in [0.3, 0.4) is 0 Å². The summed E-state index contributed by atoms with van der Waals surface area (Å²) < 4.78 is 5.13. The number of nitrogens with two attached hydrogens (primary N) is 1. The number of fused-ring (bicyclic) bond motifs is 1. The fourth-order valence-electron chi connectivity index (χ4n) is 2.20. The van der Waals surface area contributed by atoms with E-state index < -0.39 is 0 Å². The number of rotatable bonds is 4. The first-order valence-corrected chi connectivity index (χ1v) is 6.77. The maximum Gasteiger partial charge on any atom is 0.142 e. The molecule has 0 unspecified atom stereocenters. The van der Waals surface area contributed by atoms with Crippen LogP contribution in [0.25, 0.3) is 10.9 Å². The van der Waals surface area contributed by atoms with Crippen LogP contribution in [0.1, 0.15) is 11.3 Å². The van der Waals surface area contributed by atoms with Gasteiger partial charge in [0, 0.05) is 10.9 Å². The summed E-state index contributed by atoms with van der Waals surface area (Å²) in [6.45, 7) is 0.547. The zero-order chi connectivity index (χ0) is 14.7. The lowest BCUT2D eigenvalue weighted by Gasteiger charge is -2.02. The van der Waals surface area contributed by atoms with Gasteiger partial charge in [0.2, 0.25) is 0 Å². The number of H-pyrrole nitrogens is 1. The topological polar surface area (TPSA) is 63.4 Å². The number of amidine groups is 1. The van der Waals surface area contributed by atoms with Gasteiger partial charge in [-0.2, -0.15) is 0 Å². The highest BCUT2D eigenvalue weighted by molar-refractivity contribution is 6.00. The second-order valence-corrected chi connectivity index (χ2v) is 4.82. The number of hydrogen-bond donors (Lipinski definition) is 2. The van der Waals surface area contributed by atoms with Crippen molar-refractivity contribution >= 4 is 29.1 Å². The number of para-hydroxylation sites is 1. The Balaban J connectivity index is 0.00000176. The number of nitrogens with one attached hydrogen (secondary N) is 1. The Morgan fingerprint density at radius 2 is 1.86 bits per heavy atom. The van der Waals surface area contributed by atoms with E-state index in [1.54, 1.807) is 7.11 Å². The minimum atomic E-state index is 0. The van der Waals surface area contributed by atoms with E-state index in [0.717, 1.165) is 27.9 Å². The molecule has 0 saturated carbocycles. The van der Waals surface area contributed by atoms with Crippen molar-refractivity contribution in [1.82, 2.24) is 4.98 Å². The summed E-state index contributed by atoms with van der Waals surface area (Å²) in [4.78, 5) is 7.71. The molecule has 0 spiro atoms. The van der Waals surface area contributed by atoms with Gasteiger partial charge in [-0.25, -0.2) is 0 Å². The van der Waals surface area contributed by atoms with Crippen LogP contribution in [0.4, 0.5) is 0 Å². The van der Waals surface area contributed by atoms with Gasteiger partial charge in [-0.3, -0.25) is 4.99 Å². The van der Waals surface area contributed by atoms with Gasteiger partial charge in [0.15, 0.2) is 0 Å². The molecule has 0 aliphatic heterocycles. The van der Waals surface area contributed by atoms with Crippen molar-refractivity contribution in [2.24, 2.45) is 10.7 Å². The van der Waals surface area contributed by atoms with Crippen LogP contribution in [0.2, 0.25) is 0 Å². The molecule has 3 aromatic rings. The summed E-state index contributed by atoms with van der Waals surface area (Å²) in [5.41, 5.74) is 9.07. The van der Waals surface area contributed by atoms with Gasteiger partial charge >= 0.3 is 0 Å². The normalized spacial score (nSPS) is 11.2. The van der Waals surface area contributed by atoms with Crippen LogP contribution in [-0.4, -0.2) is 17.9 Å². The lowest BCUT2D eigenvalue weighted by atomic mass is 10.2. The number of benzene rings is 2. The summed E-state index contributed by atoms with van der Waals surface area (Å²) in [7, 11) is 1.65. The van der Waals surface area contributed by atoms with Crippen LogP contribution >= 0.6 is 12.4 Å². The number of hydrogen-bond acceptors (Lipinski definition) is 2. The lowest BCUT2D eigenvalue weighted by molar-refractivity contribution is 0.414. The zero-order valence-corrected chi connectivity index (χ0v) is 13.1. The summed E-state index contributed by atoms with van der Waals surface area (Å²) >= 11 is 0. The third kappa shape index (κ3) is 3.40. The Hall–Kier alpha value is -2.46. The number of halogens is 1. The SMILES string of the molecule is COc1ccc(CN=C(N)c2cc3ccccc3[nH]2)cc1.Cl. The fraction of sp³-hybridized carbons (Fsp3) is 0.118. The third-order valence-electron chi connectivity index (χ3n) is 3.40. The summed E-state index contributed by atoms with van der Waals surface area (Å²) in [6, 6.07) is 17.9. The van der Waals surface area contributed by atoms with E-state index in [-0.39, 0.29) is 12.4 Å². The predicted octanol–water partition coefficient (Wildman–Crippen LogP) is 3.50. The Bertz CT molecular complexity index is 745. The number of methoxy groups -OCH3 is 1. The van der Waals surface area contributed by atoms with Gasteiger partial charge in [0.05, 0.1) is 19.3 Å². The molecule has 3 rings (SSSR count). The van der Waals surface area contributed by atoms with E-state index in [1.165, 1.54) is 0 Å². The molecule has 0 radical (unpaired) electrons. The molecule has 0 aliphatic carbocycles. The second kappa shape index (κ2) is 7.00. The van der Waals surface area contributed by atoms with E-state index in [4.69, 9.17) is 10.5 Å². The van der Waals surface area contributed by atoms with Gasteiger partial charge < -0.3 is 15.5 Å². The van der Waals surface area contributed by atoms with Crippen molar-refractivity contribution < 1.29 is 4.74 Å². The van der Waals surface area contributed by atoms with Gasteiger partial charge in [0.1, 0.15) is 11.6 Å². The van der Waals surface area contributed by atoms with Crippen molar-refractivity contribution in [2.45, 2.75) is 6.54 Å². The molecule has 2 aromatic carbocycles. The standard InChI is InChI=1S/C17H17N3O.ClH/c1-21-14-8-6-12(7-9-14)11-19-17(18)16-10-13-4-2-3-5-15(13)20-16;/h2-10,20H,11H2,1H3,(H2,18,19);1H. The number of ether oxygens (including phenoxy) is 1. The minimum Gasteiger partial charge on any atom is -0.497 e. The Kier molecular flexibility index (Phi) is 5.07. The molecular weight excluding hydrogens is 298 g/mol. The average molecular weight is 316 g/mol. The summed E-state index contributed by atoms with van der Waals surface area (Å²) in [6.07, 6.45) is 0. The minimum absolute atomic E-state index is 0. The van der Waals surface area contributed by atoms with Gasteiger partial charge in [-0.15, -0.1) is 12.4 Å². The molecule has 0 fully saturated rings. The fourth-order valence-corrected chi connectivity index (χ4v) is 2.20. The monoisotopic (exact) mass is 315 g/mol. The molecule has 3 N–H and O–H groups in total. The number of nitrogens with zero attached hydrogens (tertiary/aromatic N) is 1. The van der Waals surface area contributed by atoms with Gasteiger partial charge in [-0.05, 0) is 29.8 Å². The maximum atomic E-state index is 6.06. The molecule has 0 amide bonds. The Labute approximate surface area is 135 Å². The highest BCUT2D eigenvalue weighted by Gasteiger charge is 2.03. The first-order chi connectivity index (χ1) is 10.3. The molecule has 0 aliphatic rings. The Morgan fingerprint density at radius 3 is 2.55 bits per heavy atom. The van der Waals surface area contributed by atoms with Crippen molar-refractivity contribution in [3.8, 4) is 5.75 Å². The maximum absolute atomic E-state index is 6.06. The zero-order valence-electron chi connectivity index (χ0n) is 12.2. The van der Waals surface area contributed by atoms with E-state index >= 15 is 0 Å². The van der Waals surface area contributed by atoms with Crippen molar-refractivity contribution in [1.29, 1.82) is 0 Å². The molecule has 0 atom stereocenters. The Morgan fingerprint density at radius 1 is 1.14 bits per heavy atom. The average Bonchev–Trinajstić information content (AvgIpc) is 2.97. The summed E-state index contributed by atoms with van der Waals surface area (Å²) in [5.74, 6) is 1.35. The molecule has 0 saturated heterocycles. The van der Waals surface area contributed by atoms with Crippen LogP contribution in [-0.2, 0) is 6.54 Å². The van der Waals surface area contributed by atoms with Crippen molar-refractivity contribution in [2.75, 3.05) is 7.11 Å². The van der Waals surface area contributed by atoms with Crippen molar-refractivity contribution in [3.05, 3.63) is 65.9 Å². The third-order valence-corrected chi connectivity index (χ3v) is 3.40. The highest BCUT2D eigenvalue weighted by Crippen LogP contribution is 2.15. The van der Waals surface area contributed by atoms with Crippen LogP contribution < -0.4 is 10.5 Å². The molecule has 114 valence electrons. The molecular formula is C17H18ClN3O. The van der Waals surface area contributed by atoms with Gasteiger partial charge in [0.25, 0.3) is 0 Å². The van der Waals surface area contributed by atoms with E-state index in [1.807, 2.05) is 54.6 Å². The largest absolute Gasteiger partial charge is 0.497 e. The first-order valence-electron chi connectivity index (χ1n) is 6.77. The second-order valence-electron chi connectivity index (χ2n) is 4.82. The summed E-state index contributed by atoms with van der Waals surface area (Å²) in [5, 5.41) is 1.13. The number of aromatic amines is 1. The number of aromatic nitrogens is 1. The molecule has 4 nitrogen and oxygen atoms in total. The quantitative estimate of drug-likeness (QED) is 0.571. The molecule has 1 aromatic heterocycles. The van der Waals surface area contributed by atoms with Gasteiger partial charge in [-0.1, -0.05) is 30.3 Å². The molecule has 0 bridgehead atoms. The van der Waals surface area contributed by atoms with E-state index in [2.05, 4.69) is 9.98 Å². The molecule has 22 heavy (non-hydrogen) atoms. The van der Waals surface area contributed by atoms with Crippen LogP contribution in [0.15, 0.2) is 59.6 Å². The first kappa shape index (κ1) is 15.9. The van der Waals surface area contributed by atoms with E-state index in [0.29, 0.717) is 12.4 Å². The predicted molar refractivity (Wildman–Crippen MR) is 93.0 cm³/mol. The van der Waals surface area contributed by atoms with Crippen LogP contribution in [0.5, 0.6) is 5.75 Å². The van der Waals surface area contributed by atoms with Crippen LogP contribution in [0, 0.1) is 0 Å². The van der Waals surface area contributed by atoms with Crippen molar-refractivity contribution in [3.63, 3.8) is 0 Å². The highest BCUT2D eigenvalue weighted by atomic mass is 35.5.